The van der Waals surface area contributed by atoms with Crippen LogP contribution < -0.4 is 10.1 Å². The number of benzene rings is 1. The lowest BCUT2D eigenvalue weighted by atomic mass is 10.2. The fourth-order valence-corrected chi connectivity index (χ4v) is 2.20. The van der Waals surface area contributed by atoms with Crippen molar-refractivity contribution in [2.75, 3.05) is 11.9 Å². The van der Waals surface area contributed by atoms with Crippen molar-refractivity contribution >= 4 is 32.8 Å². The summed E-state index contributed by atoms with van der Waals surface area (Å²) in [7, 11) is 0. The molecule has 2 aromatic heterocycles. The smallest absolute Gasteiger partial charge is 0.238 e. The van der Waals surface area contributed by atoms with Gasteiger partial charge in [-0.15, -0.1) is 0 Å². The molecule has 2 heterocycles. The number of anilines is 1. The molecule has 3 aromatic rings. The zero-order valence-corrected chi connectivity index (χ0v) is 13.0. The summed E-state index contributed by atoms with van der Waals surface area (Å²) < 4.78 is 6.60. The minimum Gasteiger partial charge on any atom is -0.435 e. The van der Waals surface area contributed by atoms with Gasteiger partial charge in [0.1, 0.15) is 5.52 Å². The molecule has 6 heteroatoms. The molecule has 0 saturated carbocycles. The zero-order valence-electron chi connectivity index (χ0n) is 11.4. The summed E-state index contributed by atoms with van der Waals surface area (Å²) in [5.41, 5.74) is 0.801. The van der Waals surface area contributed by atoms with Crippen molar-refractivity contribution in [3.05, 3.63) is 47.2 Å². The van der Waals surface area contributed by atoms with Crippen LogP contribution >= 0.6 is 15.9 Å². The van der Waals surface area contributed by atoms with Crippen molar-refractivity contribution in [2.24, 2.45) is 0 Å². The van der Waals surface area contributed by atoms with Crippen molar-refractivity contribution < 1.29 is 4.74 Å². The highest BCUT2D eigenvalue weighted by atomic mass is 79.9. The number of ether oxygens (including phenoxy) is 1. The van der Waals surface area contributed by atoms with E-state index in [0.717, 1.165) is 17.4 Å². The van der Waals surface area contributed by atoms with E-state index in [1.54, 1.807) is 12.4 Å². The number of fused-ring (bicyclic) bond motifs is 1. The van der Waals surface area contributed by atoms with Crippen molar-refractivity contribution in [3.8, 4) is 11.6 Å². The Balaban J connectivity index is 2.00. The number of nitrogens with one attached hydrogen (secondary N) is 1. The first-order valence-electron chi connectivity index (χ1n) is 6.56. The summed E-state index contributed by atoms with van der Waals surface area (Å²) in [6, 6.07) is 9.69. The van der Waals surface area contributed by atoms with E-state index < -0.39 is 0 Å². The monoisotopic (exact) mass is 344 g/mol. The molecule has 21 heavy (non-hydrogen) atoms. The summed E-state index contributed by atoms with van der Waals surface area (Å²) in [4.78, 5) is 12.9. The van der Waals surface area contributed by atoms with Crippen LogP contribution in [0.15, 0.2) is 47.2 Å². The number of hydrogen-bond acceptors (Lipinski definition) is 5. The molecule has 0 aliphatic carbocycles. The number of aromatic nitrogens is 3. The highest BCUT2D eigenvalue weighted by molar-refractivity contribution is 9.10. The largest absolute Gasteiger partial charge is 0.435 e. The van der Waals surface area contributed by atoms with Gasteiger partial charge in [0, 0.05) is 18.1 Å². The molecule has 0 aliphatic heterocycles. The molecule has 0 unspecified atom stereocenters. The van der Waals surface area contributed by atoms with Crippen molar-refractivity contribution in [1.82, 2.24) is 15.0 Å². The maximum atomic E-state index is 5.91. The number of nitrogens with zero attached hydrogens (tertiary/aromatic N) is 3. The molecule has 0 atom stereocenters. The number of halogens is 1. The predicted molar refractivity (Wildman–Crippen MR) is 85.7 cm³/mol. The molecule has 0 saturated heterocycles. The summed E-state index contributed by atoms with van der Waals surface area (Å²) >= 11 is 3.40. The number of pyridine rings is 1. The van der Waals surface area contributed by atoms with Crippen LogP contribution in [0.4, 0.5) is 5.95 Å². The molecule has 0 fully saturated rings. The van der Waals surface area contributed by atoms with Gasteiger partial charge in [-0.25, -0.2) is 4.98 Å². The van der Waals surface area contributed by atoms with Crippen LogP contribution in [-0.4, -0.2) is 21.5 Å². The lowest BCUT2D eigenvalue weighted by Crippen LogP contribution is -2.03. The first-order valence-corrected chi connectivity index (χ1v) is 7.35. The Bertz CT molecular complexity index is 773. The van der Waals surface area contributed by atoms with E-state index in [2.05, 4.69) is 36.2 Å². The van der Waals surface area contributed by atoms with Crippen molar-refractivity contribution in [2.45, 2.75) is 6.92 Å². The molecular weight excluding hydrogens is 332 g/mol. The highest BCUT2D eigenvalue weighted by Gasteiger charge is 2.10. The Morgan fingerprint density at radius 1 is 1.19 bits per heavy atom. The van der Waals surface area contributed by atoms with Gasteiger partial charge in [0.15, 0.2) is 5.75 Å². The van der Waals surface area contributed by atoms with Crippen LogP contribution in [0.25, 0.3) is 10.9 Å². The maximum Gasteiger partial charge on any atom is 0.238 e. The summed E-state index contributed by atoms with van der Waals surface area (Å²) in [5.74, 6) is 1.65. The zero-order chi connectivity index (χ0) is 14.7. The molecule has 0 amide bonds. The average Bonchev–Trinajstić information content (AvgIpc) is 2.51. The lowest BCUT2D eigenvalue weighted by Gasteiger charge is -2.10. The highest BCUT2D eigenvalue weighted by Crippen LogP contribution is 2.31. The Morgan fingerprint density at radius 3 is 2.90 bits per heavy atom. The molecule has 0 bridgehead atoms. The van der Waals surface area contributed by atoms with Crippen LogP contribution in [0.5, 0.6) is 11.6 Å². The fraction of sp³-hybridized carbons (Fsp3) is 0.133. The van der Waals surface area contributed by atoms with Gasteiger partial charge in [0.05, 0.1) is 10.7 Å². The van der Waals surface area contributed by atoms with E-state index in [4.69, 9.17) is 4.74 Å². The normalized spacial score (nSPS) is 10.6. The van der Waals surface area contributed by atoms with Crippen LogP contribution in [-0.2, 0) is 0 Å². The van der Waals surface area contributed by atoms with Crippen LogP contribution in [0.2, 0.25) is 0 Å². The second-order valence-electron chi connectivity index (χ2n) is 4.31. The van der Waals surface area contributed by atoms with Gasteiger partial charge in [0.2, 0.25) is 11.8 Å². The molecule has 0 aliphatic rings. The third kappa shape index (κ3) is 2.95. The van der Waals surface area contributed by atoms with E-state index in [1.807, 2.05) is 37.3 Å². The van der Waals surface area contributed by atoms with E-state index >= 15 is 0 Å². The van der Waals surface area contributed by atoms with Gasteiger partial charge in [-0.3, -0.25) is 4.98 Å². The molecule has 106 valence electrons. The molecule has 5 nitrogen and oxygen atoms in total. The Labute approximate surface area is 130 Å². The maximum absolute atomic E-state index is 5.91. The average molecular weight is 345 g/mol. The topological polar surface area (TPSA) is 59.9 Å². The predicted octanol–water partition coefficient (Wildman–Crippen LogP) is 4.01. The second-order valence-corrected chi connectivity index (χ2v) is 5.16. The lowest BCUT2D eigenvalue weighted by molar-refractivity contribution is 0.463. The minimum atomic E-state index is 0.458. The van der Waals surface area contributed by atoms with Gasteiger partial charge in [-0.1, -0.05) is 18.2 Å². The first-order chi connectivity index (χ1) is 10.3. The third-order valence-electron chi connectivity index (χ3n) is 2.85. The minimum absolute atomic E-state index is 0.458. The molecule has 0 spiro atoms. The summed E-state index contributed by atoms with van der Waals surface area (Å²) in [6.45, 7) is 2.73. The molecule has 3 rings (SSSR count). The second kappa shape index (κ2) is 6.05. The molecule has 1 N–H and O–H groups in total. The third-order valence-corrected chi connectivity index (χ3v) is 3.39. The van der Waals surface area contributed by atoms with E-state index in [1.165, 1.54) is 0 Å². The van der Waals surface area contributed by atoms with Crippen LogP contribution in [0, 0.1) is 0 Å². The van der Waals surface area contributed by atoms with Crippen LogP contribution in [0.1, 0.15) is 6.92 Å². The van der Waals surface area contributed by atoms with E-state index in [-0.39, 0.29) is 0 Å². The number of rotatable bonds is 4. The molecule has 1 aromatic carbocycles. The standard InChI is InChI=1S/C15H13BrN4O/c1-2-17-15-19-9-11(16)14(20-15)21-12-7-3-5-10-6-4-8-18-13(10)12/h3-9H,2H2,1H3,(H,17,19,20). The Kier molecular flexibility index (Phi) is 3.96. The number of hydrogen-bond donors (Lipinski definition) is 1. The van der Waals surface area contributed by atoms with E-state index in [0.29, 0.717) is 22.1 Å². The van der Waals surface area contributed by atoms with Crippen molar-refractivity contribution in [3.63, 3.8) is 0 Å². The van der Waals surface area contributed by atoms with Crippen LogP contribution in [0.3, 0.4) is 0 Å². The van der Waals surface area contributed by atoms with Crippen molar-refractivity contribution in [1.29, 1.82) is 0 Å². The SMILES string of the molecule is CCNc1ncc(Br)c(Oc2cccc3cccnc23)n1. The quantitative estimate of drug-likeness (QED) is 0.774. The fourth-order valence-electron chi connectivity index (χ4n) is 1.93. The van der Waals surface area contributed by atoms with Gasteiger partial charge in [-0.2, -0.15) is 4.98 Å². The van der Waals surface area contributed by atoms with Gasteiger partial charge < -0.3 is 10.1 Å². The molecule has 0 radical (unpaired) electrons. The van der Waals surface area contributed by atoms with Gasteiger partial charge in [0.25, 0.3) is 0 Å². The number of para-hydroxylation sites is 1. The summed E-state index contributed by atoms with van der Waals surface area (Å²) in [6.07, 6.45) is 3.41. The first kappa shape index (κ1) is 13.8. The Hall–Kier alpha value is -2.21. The summed E-state index contributed by atoms with van der Waals surface area (Å²) in [5, 5.41) is 4.08. The van der Waals surface area contributed by atoms with E-state index in [9.17, 15) is 0 Å². The Morgan fingerprint density at radius 2 is 2.05 bits per heavy atom. The van der Waals surface area contributed by atoms with Gasteiger partial charge in [-0.05, 0) is 35.0 Å². The molecular formula is C15H13BrN4O. The van der Waals surface area contributed by atoms with Gasteiger partial charge >= 0.3 is 0 Å².